The average Bonchev–Trinajstić information content (AvgIpc) is 2.98. The summed E-state index contributed by atoms with van der Waals surface area (Å²) in [6.07, 6.45) is 1.58. The number of ether oxygens (including phenoxy) is 2. The molecule has 1 amide bonds. The predicted octanol–water partition coefficient (Wildman–Crippen LogP) is 1.53. The zero-order valence-electron chi connectivity index (χ0n) is 11.2. The van der Waals surface area contributed by atoms with Crippen LogP contribution in [0.25, 0.3) is 0 Å². The number of nitrogens with zero attached hydrogens (tertiary/aromatic N) is 1. The van der Waals surface area contributed by atoms with Gasteiger partial charge >= 0.3 is 5.97 Å². The molecule has 2 aromatic rings. The van der Waals surface area contributed by atoms with Crippen LogP contribution in [-0.4, -0.2) is 30.6 Å². The van der Waals surface area contributed by atoms with Gasteiger partial charge in [0.25, 0.3) is 5.91 Å². The van der Waals surface area contributed by atoms with Crippen molar-refractivity contribution in [2.45, 2.75) is 0 Å². The second-order valence-electron chi connectivity index (χ2n) is 3.92. The smallest absolute Gasteiger partial charge is 0.337 e. The Balaban J connectivity index is 1.99. The number of carbonyl (C=O) groups excluding carboxylic acids is 2. The Labute approximate surface area is 124 Å². The number of methoxy groups -OCH3 is 1. The molecular formula is C13H13N3O4S. The molecule has 0 aliphatic heterocycles. The first-order valence-electron chi connectivity index (χ1n) is 5.90. The Morgan fingerprint density at radius 1 is 1.43 bits per heavy atom. The topological polar surface area (TPSA) is 104 Å². The highest BCUT2D eigenvalue weighted by molar-refractivity contribution is 7.13. The van der Waals surface area contributed by atoms with Gasteiger partial charge in [-0.3, -0.25) is 10.1 Å². The Bertz CT molecular complexity index is 643. The lowest BCUT2D eigenvalue weighted by Gasteiger charge is -2.09. The van der Waals surface area contributed by atoms with Gasteiger partial charge in [0.2, 0.25) is 0 Å². The number of hydrogen-bond donors (Lipinski definition) is 2. The molecule has 0 saturated heterocycles. The van der Waals surface area contributed by atoms with Crippen LogP contribution in [0.5, 0.6) is 5.75 Å². The van der Waals surface area contributed by atoms with Crippen LogP contribution in [0.2, 0.25) is 0 Å². The minimum atomic E-state index is -0.507. The number of anilines is 2. The van der Waals surface area contributed by atoms with E-state index in [2.05, 4.69) is 15.0 Å². The summed E-state index contributed by atoms with van der Waals surface area (Å²) in [6.45, 7) is -0.242. The fourth-order valence-corrected chi connectivity index (χ4v) is 2.03. The first kappa shape index (κ1) is 14.8. The molecule has 8 heteroatoms. The van der Waals surface area contributed by atoms with Crippen molar-refractivity contribution in [1.29, 1.82) is 0 Å². The van der Waals surface area contributed by atoms with Crippen LogP contribution >= 0.6 is 11.3 Å². The minimum absolute atomic E-state index is 0.242. The quantitative estimate of drug-likeness (QED) is 0.641. The molecule has 1 heterocycles. The number of rotatable bonds is 5. The van der Waals surface area contributed by atoms with E-state index in [0.717, 1.165) is 0 Å². The fraction of sp³-hybridized carbons (Fsp3) is 0.154. The van der Waals surface area contributed by atoms with Gasteiger partial charge in [-0.15, -0.1) is 11.3 Å². The number of nitrogens with two attached hydrogens (primary N) is 1. The molecule has 0 aliphatic rings. The standard InChI is InChI=1S/C13H13N3O4S/c1-19-12(18)8-2-3-9(14)10(6-8)20-7-11(17)16-13-15-4-5-21-13/h2-6H,7,14H2,1H3,(H,15,16,17). The number of amides is 1. The summed E-state index contributed by atoms with van der Waals surface area (Å²) in [7, 11) is 1.28. The van der Waals surface area contributed by atoms with Gasteiger partial charge in [0.15, 0.2) is 11.7 Å². The van der Waals surface area contributed by atoms with E-state index >= 15 is 0 Å². The number of aromatic nitrogens is 1. The van der Waals surface area contributed by atoms with Crippen LogP contribution in [0.4, 0.5) is 10.8 Å². The Hall–Kier alpha value is -2.61. The number of esters is 1. The van der Waals surface area contributed by atoms with Crippen molar-refractivity contribution in [3.8, 4) is 5.75 Å². The van der Waals surface area contributed by atoms with Crippen LogP contribution in [-0.2, 0) is 9.53 Å². The van der Waals surface area contributed by atoms with E-state index in [9.17, 15) is 9.59 Å². The Morgan fingerprint density at radius 2 is 2.24 bits per heavy atom. The van der Waals surface area contributed by atoms with Crippen molar-refractivity contribution in [1.82, 2.24) is 4.98 Å². The number of thiazole rings is 1. The third kappa shape index (κ3) is 3.93. The molecule has 0 radical (unpaired) electrons. The van der Waals surface area contributed by atoms with Crippen molar-refractivity contribution in [2.24, 2.45) is 0 Å². The van der Waals surface area contributed by atoms with E-state index in [1.807, 2.05) is 0 Å². The third-order valence-corrected chi connectivity index (χ3v) is 3.16. The lowest BCUT2D eigenvalue weighted by molar-refractivity contribution is -0.118. The van der Waals surface area contributed by atoms with Crippen molar-refractivity contribution in [3.63, 3.8) is 0 Å². The van der Waals surface area contributed by atoms with E-state index in [4.69, 9.17) is 10.5 Å². The zero-order valence-corrected chi connectivity index (χ0v) is 12.0. The summed E-state index contributed by atoms with van der Waals surface area (Å²) in [5.41, 5.74) is 6.35. The van der Waals surface area contributed by atoms with Gasteiger partial charge in [0.1, 0.15) is 5.75 Å². The second kappa shape index (κ2) is 6.71. The normalized spacial score (nSPS) is 9.95. The van der Waals surface area contributed by atoms with Crippen LogP contribution in [0.15, 0.2) is 29.8 Å². The number of carbonyl (C=O) groups is 2. The highest BCUT2D eigenvalue weighted by atomic mass is 32.1. The van der Waals surface area contributed by atoms with Crippen LogP contribution in [0.3, 0.4) is 0 Å². The zero-order chi connectivity index (χ0) is 15.2. The van der Waals surface area contributed by atoms with Crippen molar-refractivity contribution in [3.05, 3.63) is 35.3 Å². The lowest BCUT2D eigenvalue weighted by Crippen LogP contribution is -2.20. The van der Waals surface area contributed by atoms with Gasteiger partial charge in [0, 0.05) is 11.6 Å². The Kier molecular flexibility index (Phi) is 4.72. The fourth-order valence-electron chi connectivity index (χ4n) is 1.49. The maximum Gasteiger partial charge on any atom is 0.337 e. The molecule has 110 valence electrons. The van der Waals surface area contributed by atoms with Crippen molar-refractivity contribution in [2.75, 3.05) is 24.8 Å². The van der Waals surface area contributed by atoms with Gasteiger partial charge in [-0.2, -0.15) is 0 Å². The number of benzene rings is 1. The van der Waals surface area contributed by atoms with Crippen LogP contribution in [0.1, 0.15) is 10.4 Å². The Morgan fingerprint density at radius 3 is 2.90 bits per heavy atom. The molecule has 0 fully saturated rings. The molecule has 2 rings (SSSR count). The first-order chi connectivity index (χ1) is 10.1. The molecule has 0 atom stereocenters. The van der Waals surface area contributed by atoms with Gasteiger partial charge in [-0.05, 0) is 18.2 Å². The molecule has 1 aromatic heterocycles. The molecular weight excluding hydrogens is 294 g/mol. The number of nitrogens with one attached hydrogen (secondary N) is 1. The molecule has 3 N–H and O–H groups in total. The SMILES string of the molecule is COC(=O)c1ccc(N)c(OCC(=O)Nc2nccs2)c1. The minimum Gasteiger partial charge on any atom is -0.482 e. The van der Waals surface area contributed by atoms with E-state index in [-0.39, 0.29) is 18.3 Å². The third-order valence-electron chi connectivity index (χ3n) is 2.47. The van der Waals surface area contributed by atoms with Crippen molar-refractivity contribution >= 4 is 34.0 Å². The van der Waals surface area contributed by atoms with Crippen LogP contribution in [0, 0.1) is 0 Å². The monoisotopic (exact) mass is 307 g/mol. The van der Waals surface area contributed by atoms with Gasteiger partial charge in [-0.25, -0.2) is 9.78 Å². The average molecular weight is 307 g/mol. The molecule has 1 aromatic carbocycles. The lowest BCUT2D eigenvalue weighted by atomic mass is 10.2. The maximum atomic E-state index is 11.7. The van der Waals surface area contributed by atoms with E-state index in [0.29, 0.717) is 16.4 Å². The summed E-state index contributed by atoms with van der Waals surface area (Å²) < 4.78 is 9.92. The predicted molar refractivity (Wildman–Crippen MR) is 78.4 cm³/mol. The molecule has 7 nitrogen and oxygen atoms in total. The highest BCUT2D eigenvalue weighted by Gasteiger charge is 2.11. The largest absolute Gasteiger partial charge is 0.482 e. The van der Waals surface area contributed by atoms with E-state index in [1.165, 1.54) is 36.6 Å². The molecule has 0 aliphatic carbocycles. The molecule has 0 bridgehead atoms. The highest BCUT2D eigenvalue weighted by Crippen LogP contribution is 2.23. The van der Waals surface area contributed by atoms with Crippen molar-refractivity contribution < 1.29 is 19.1 Å². The van der Waals surface area contributed by atoms with Gasteiger partial charge < -0.3 is 15.2 Å². The molecule has 0 spiro atoms. The summed E-state index contributed by atoms with van der Waals surface area (Å²) >= 11 is 1.30. The van der Waals surface area contributed by atoms with E-state index < -0.39 is 5.97 Å². The maximum absolute atomic E-state index is 11.7. The summed E-state index contributed by atoms with van der Waals surface area (Å²) in [4.78, 5) is 27.0. The summed E-state index contributed by atoms with van der Waals surface area (Å²) in [6, 6.07) is 4.46. The summed E-state index contributed by atoms with van der Waals surface area (Å²) in [5.74, 6) is -0.632. The second-order valence-corrected chi connectivity index (χ2v) is 4.81. The molecule has 0 unspecified atom stereocenters. The number of hydrogen-bond acceptors (Lipinski definition) is 7. The first-order valence-corrected chi connectivity index (χ1v) is 6.78. The van der Waals surface area contributed by atoms with Gasteiger partial charge in [0.05, 0.1) is 18.4 Å². The van der Waals surface area contributed by atoms with Crippen LogP contribution < -0.4 is 15.8 Å². The molecule has 21 heavy (non-hydrogen) atoms. The van der Waals surface area contributed by atoms with E-state index in [1.54, 1.807) is 11.6 Å². The molecule has 0 saturated carbocycles. The van der Waals surface area contributed by atoms with Gasteiger partial charge in [-0.1, -0.05) is 0 Å². The number of nitrogen functional groups attached to an aromatic ring is 1. The summed E-state index contributed by atoms with van der Waals surface area (Å²) in [5, 5.41) is 4.80.